The van der Waals surface area contributed by atoms with Crippen molar-refractivity contribution in [2.24, 2.45) is 11.3 Å². The van der Waals surface area contributed by atoms with Gasteiger partial charge >= 0.3 is 6.18 Å². The minimum Gasteiger partial charge on any atom is -0.396 e. The van der Waals surface area contributed by atoms with Crippen LogP contribution in [0.3, 0.4) is 0 Å². The maximum absolute atomic E-state index is 12.7. The molecule has 2 unspecified atom stereocenters. The molecule has 2 atom stereocenters. The van der Waals surface area contributed by atoms with Gasteiger partial charge in [-0.1, -0.05) is 12.8 Å². The summed E-state index contributed by atoms with van der Waals surface area (Å²) < 4.78 is 38.2. The summed E-state index contributed by atoms with van der Waals surface area (Å²) in [5, 5.41) is 9.76. The molecule has 116 valence electrons. The molecule has 1 aliphatic carbocycles. The van der Waals surface area contributed by atoms with Crippen LogP contribution < -0.4 is 4.90 Å². The molecule has 21 heavy (non-hydrogen) atoms. The van der Waals surface area contributed by atoms with E-state index >= 15 is 0 Å². The highest BCUT2D eigenvalue weighted by atomic mass is 19.4. The van der Waals surface area contributed by atoms with Crippen molar-refractivity contribution in [2.75, 3.05) is 24.6 Å². The second kappa shape index (κ2) is 5.12. The van der Waals surface area contributed by atoms with Crippen LogP contribution >= 0.6 is 0 Å². The molecule has 2 aliphatic rings. The van der Waals surface area contributed by atoms with E-state index in [0.29, 0.717) is 24.8 Å². The van der Waals surface area contributed by atoms with Gasteiger partial charge in [0.15, 0.2) is 0 Å². The molecule has 3 rings (SSSR count). The highest BCUT2D eigenvalue weighted by Gasteiger charge is 2.47. The van der Waals surface area contributed by atoms with Crippen molar-refractivity contribution in [3.63, 3.8) is 0 Å². The van der Waals surface area contributed by atoms with E-state index in [1.165, 1.54) is 0 Å². The minimum atomic E-state index is -4.46. The van der Waals surface area contributed by atoms with Gasteiger partial charge in [-0.2, -0.15) is 13.2 Å². The molecule has 1 aromatic heterocycles. The van der Waals surface area contributed by atoms with Crippen molar-refractivity contribution in [2.45, 2.75) is 31.9 Å². The third-order valence-corrected chi connectivity index (χ3v) is 4.87. The summed E-state index contributed by atoms with van der Waals surface area (Å²) in [6.45, 7) is 1.32. The maximum Gasteiger partial charge on any atom is 0.433 e. The van der Waals surface area contributed by atoms with Gasteiger partial charge in [0.1, 0.15) is 17.8 Å². The number of aliphatic hydroxyl groups is 1. The molecule has 2 fully saturated rings. The standard InChI is InChI=1S/C14H18F3N3O/c15-14(16,17)11-5-12(19-9-18-11)20-6-10-3-1-2-4-13(10,7-20)8-21/h5,9-10,21H,1-4,6-8H2. The van der Waals surface area contributed by atoms with Gasteiger partial charge in [0.05, 0.1) is 6.61 Å². The molecule has 0 amide bonds. The number of hydrogen-bond acceptors (Lipinski definition) is 4. The van der Waals surface area contributed by atoms with E-state index in [1.807, 2.05) is 4.90 Å². The van der Waals surface area contributed by atoms with Crippen LogP contribution in [0.25, 0.3) is 0 Å². The number of aliphatic hydroxyl groups excluding tert-OH is 1. The van der Waals surface area contributed by atoms with Crippen LogP contribution in [0.5, 0.6) is 0 Å². The summed E-state index contributed by atoms with van der Waals surface area (Å²) in [7, 11) is 0. The second-order valence-corrected chi connectivity index (χ2v) is 6.10. The first-order chi connectivity index (χ1) is 9.94. The monoisotopic (exact) mass is 301 g/mol. The lowest BCUT2D eigenvalue weighted by Crippen LogP contribution is -2.37. The van der Waals surface area contributed by atoms with Gasteiger partial charge in [0.2, 0.25) is 0 Å². The number of fused-ring (bicyclic) bond motifs is 1. The fourth-order valence-corrected chi connectivity index (χ4v) is 3.69. The first kappa shape index (κ1) is 14.6. The van der Waals surface area contributed by atoms with Crippen LogP contribution in [0.2, 0.25) is 0 Å². The predicted octanol–water partition coefficient (Wildman–Crippen LogP) is 2.48. The average molecular weight is 301 g/mol. The predicted molar refractivity (Wildman–Crippen MR) is 70.7 cm³/mol. The molecule has 2 heterocycles. The molecule has 1 aliphatic heterocycles. The van der Waals surface area contributed by atoms with Crippen LogP contribution in [-0.2, 0) is 6.18 Å². The molecular weight excluding hydrogens is 283 g/mol. The van der Waals surface area contributed by atoms with Crippen molar-refractivity contribution in [3.8, 4) is 0 Å². The highest BCUT2D eigenvalue weighted by Crippen LogP contribution is 2.47. The fraction of sp³-hybridized carbons (Fsp3) is 0.714. The number of anilines is 1. The number of alkyl halides is 3. The lowest BCUT2D eigenvalue weighted by molar-refractivity contribution is -0.141. The second-order valence-electron chi connectivity index (χ2n) is 6.10. The fourth-order valence-electron chi connectivity index (χ4n) is 3.69. The topological polar surface area (TPSA) is 49.2 Å². The smallest absolute Gasteiger partial charge is 0.396 e. The third-order valence-electron chi connectivity index (χ3n) is 4.87. The first-order valence-corrected chi connectivity index (χ1v) is 7.20. The molecule has 1 aromatic rings. The summed E-state index contributed by atoms with van der Waals surface area (Å²) in [4.78, 5) is 9.15. The zero-order valence-corrected chi connectivity index (χ0v) is 11.6. The summed E-state index contributed by atoms with van der Waals surface area (Å²) >= 11 is 0. The van der Waals surface area contributed by atoms with E-state index in [2.05, 4.69) is 9.97 Å². The average Bonchev–Trinajstić information content (AvgIpc) is 2.86. The molecular formula is C14H18F3N3O. The van der Waals surface area contributed by atoms with Gasteiger partial charge in [0, 0.05) is 24.6 Å². The van der Waals surface area contributed by atoms with Crippen LogP contribution in [0, 0.1) is 11.3 Å². The zero-order valence-electron chi connectivity index (χ0n) is 11.6. The summed E-state index contributed by atoms with van der Waals surface area (Å²) in [6.07, 6.45) is 0.654. The van der Waals surface area contributed by atoms with Crippen molar-refractivity contribution < 1.29 is 18.3 Å². The van der Waals surface area contributed by atoms with E-state index in [0.717, 1.165) is 38.1 Å². The van der Waals surface area contributed by atoms with Crippen LogP contribution in [0.1, 0.15) is 31.4 Å². The Bertz CT molecular complexity index is 522. The molecule has 0 bridgehead atoms. The molecule has 0 spiro atoms. The lowest BCUT2D eigenvalue weighted by Gasteiger charge is -2.36. The van der Waals surface area contributed by atoms with Gasteiger partial charge in [-0.25, -0.2) is 9.97 Å². The Morgan fingerprint density at radius 2 is 2.14 bits per heavy atom. The van der Waals surface area contributed by atoms with Crippen molar-refractivity contribution in [1.82, 2.24) is 9.97 Å². The summed E-state index contributed by atoms with van der Waals surface area (Å²) in [6, 6.07) is 1.00. The molecule has 0 aromatic carbocycles. The largest absolute Gasteiger partial charge is 0.433 e. The van der Waals surface area contributed by atoms with Crippen LogP contribution in [-0.4, -0.2) is 34.8 Å². The number of halogens is 3. The van der Waals surface area contributed by atoms with Crippen molar-refractivity contribution in [1.29, 1.82) is 0 Å². The van der Waals surface area contributed by atoms with Gasteiger partial charge in [-0.3, -0.25) is 0 Å². The maximum atomic E-state index is 12.7. The molecule has 7 heteroatoms. The normalized spacial score (nSPS) is 29.5. The molecule has 1 saturated heterocycles. The number of rotatable bonds is 2. The van der Waals surface area contributed by atoms with E-state index in [-0.39, 0.29) is 12.0 Å². The molecule has 1 saturated carbocycles. The Morgan fingerprint density at radius 1 is 1.33 bits per heavy atom. The van der Waals surface area contributed by atoms with E-state index in [9.17, 15) is 18.3 Å². The summed E-state index contributed by atoms with van der Waals surface area (Å²) in [5.41, 5.74) is -1.10. The van der Waals surface area contributed by atoms with Crippen LogP contribution in [0.15, 0.2) is 12.4 Å². The Hall–Kier alpha value is -1.37. The van der Waals surface area contributed by atoms with Crippen LogP contribution in [0.4, 0.5) is 19.0 Å². The molecule has 0 radical (unpaired) electrons. The number of aromatic nitrogens is 2. The summed E-state index contributed by atoms with van der Waals surface area (Å²) in [5.74, 6) is 0.639. The molecule has 4 nitrogen and oxygen atoms in total. The Labute approximate surface area is 121 Å². The Kier molecular flexibility index (Phi) is 3.55. The van der Waals surface area contributed by atoms with Crippen molar-refractivity contribution in [3.05, 3.63) is 18.1 Å². The Morgan fingerprint density at radius 3 is 2.81 bits per heavy atom. The Balaban J connectivity index is 1.86. The quantitative estimate of drug-likeness (QED) is 0.912. The SMILES string of the molecule is OCC12CCCCC1CN(c1cc(C(F)(F)F)ncn1)C2. The number of hydrogen-bond donors (Lipinski definition) is 1. The number of nitrogens with zero attached hydrogens (tertiary/aromatic N) is 3. The lowest BCUT2D eigenvalue weighted by atomic mass is 9.69. The van der Waals surface area contributed by atoms with E-state index in [4.69, 9.17) is 0 Å². The first-order valence-electron chi connectivity index (χ1n) is 7.20. The van der Waals surface area contributed by atoms with E-state index in [1.54, 1.807) is 0 Å². The molecule has 1 N–H and O–H groups in total. The van der Waals surface area contributed by atoms with Crippen molar-refractivity contribution >= 4 is 5.82 Å². The van der Waals surface area contributed by atoms with Gasteiger partial charge < -0.3 is 10.0 Å². The highest BCUT2D eigenvalue weighted by molar-refractivity contribution is 5.42. The zero-order chi connectivity index (χ0) is 15.1. The van der Waals surface area contributed by atoms with Gasteiger partial charge in [-0.15, -0.1) is 0 Å². The van der Waals surface area contributed by atoms with Gasteiger partial charge in [-0.05, 0) is 18.8 Å². The van der Waals surface area contributed by atoms with E-state index < -0.39 is 11.9 Å². The minimum absolute atomic E-state index is 0.0887. The van der Waals surface area contributed by atoms with Gasteiger partial charge in [0.25, 0.3) is 0 Å². The third kappa shape index (κ3) is 2.59.